The van der Waals surface area contributed by atoms with Gasteiger partial charge < -0.3 is 10.0 Å². The summed E-state index contributed by atoms with van der Waals surface area (Å²) < 4.78 is 0. The Balaban J connectivity index is 2.40. The van der Waals surface area contributed by atoms with Gasteiger partial charge in [0.2, 0.25) is 0 Å². The van der Waals surface area contributed by atoms with Crippen LogP contribution in [0.4, 0.5) is 5.69 Å². The Morgan fingerprint density at radius 3 is 2.89 bits per heavy atom. The number of piperidine rings is 1. The standard InChI is InChI=1S/C11H13Cl2N3O2/c1-6-3-2-4-16(9(6)11(17)18)7-5-8(12)14-15-10(7)13/h5-6,9H,2-4H2,1H3,(H,17,18). The second kappa shape index (κ2) is 5.28. The minimum atomic E-state index is -0.855. The molecule has 98 valence electrons. The molecule has 0 bridgehead atoms. The third kappa shape index (κ3) is 2.52. The van der Waals surface area contributed by atoms with E-state index in [2.05, 4.69) is 10.2 Å². The number of hydrogen-bond acceptors (Lipinski definition) is 4. The first-order valence-electron chi connectivity index (χ1n) is 5.69. The highest BCUT2D eigenvalue weighted by Gasteiger charge is 2.35. The number of carbonyl (C=O) groups is 1. The molecule has 1 aliphatic heterocycles. The average Bonchev–Trinajstić information content (AvgIpc) is 2.31. The fraction of sp³-hybridized carbons (Fsp3) is 0.545. The van der Waals surface area contributed by atoms with Gasteiger partial charge in [-0.2, -0.15) is 0 Å². The van der Waals surface area contributed by atoms with Gasteiger partial charge in [-0.05, 0) is 18.8 Å². The number of halogens is 2. The van der Waals surface area contributed by atoms with Crippen molar-refractivity contribution in [3.8, 4) is 0 Å². The molecule has 7 heteroatoms. The lowest BCUT2D eigenvalue weighted by atomic mass is 9.90. The van der Waals surface area contributed by atoms with Crippen LogP contribution in [0, 0.1) is 5.92 Å². The quantitative estimate of drug-likeness (QED) is 0.906. The molecular weight excluding hydrogens is 277 g/mol. The Kier molecular flexibility index (Phi) is 3.92. The van der Waals surface area contributed by atoms with Gasteiger partial charge in [0.1, 0.15) is 6.04 Å². The molecule has 1 aliphatic rings. The first kappa shape index (κ1) is 13.4. The summed E-state index contributed by atoms with van der Waals surface area (Å²) in [5, 5.41) is 17.1. The second-order valence-corrected chi connectivity index (χ2v) is 5.18. The molecule has 0 radical (unpaired) electrons. The Hall–Kier alpha value is -1.07. The maximum absolute atomic E-state index is 11.4. The fourth-order valence-corrected chi connectivity index (χ4v) is 2.72. The van der Waals surface area contributed by atoms with E-state index in [1.807, 2.05) is 6.92 Å². The third-order valence-electron chi connectivity index (χ3n) is 3.20. The normalized spacial score (nSPS) is 24.1. The number of rotatable bonds is 2. The number of hydrogen-bond donors (Lipinski definition) is 1. The van der Waals surface area contributed by atoms with E-state index in [-0.39, 0.29) is 16.2 Å². The summed E-state index contributed by atoms with van der Waals surface area (Å²) in [5.74, 6) is -0.801. The van der Waals surface area contributed by atoms with Crippen LogP contribution in [0.15, 0.2) is 6.07 Å². The molecular formula is C11H13Cl2N3O2. The van der Waals surface area contributed by atoms with Crippen molar-refractivity contribution in [2.24, 2.45) is 5.92 Å². The Morgan fingerprint density at radius 2 is 2.22 bits per heavy atom. The van der Waals surface area contributed by atoms with E-state index in [0.29, 0.717) is 12.2 Å². The number of carboxylic acid groups (broad SMARTS) is 1. The molecule has 0 saturated carbocycles. The molecule has 2 atom stereocenters. The summed E-state index contributed by atoms with van der Waals surface area (Å²) in [6.07, 6.45) is 1.80. The molecule has 1 aromatic rings. The first-order chi connectivity index (χ1) is 8.50. The van der Waals surface area contributed by atoms with Gasteiger partial charge in [0, 0.05) is 12.6 Å². The van der Waals surface area contributed by atoms with Crippen molar-refractivity contribution in [2.45, 2.75) is 25.8 Å². The van der Waals surface area contributed by atoms with Gasteiger partial charge in [-0.3, -0.25) is 0 Å². The van der Waals surface area contributed by atoms with Crippen LogP contribution in [-0.4, -0.2) is 33.9 Å². The molecule has 0 amide bonds. The van der Waals surface area contributed by atoms with Crippen molar-refractivity contribution in [1.29, 1.82) is 0 Å². The van der Waals surface area contributed by atoms with Crippen molar-refractivity contribution in [1.82, 2.24) is 10.2 Å². The average molecular weight is 290 g/mol. The molecule has 0 aromatic carbocycles. The topological polar surface area (TPSA) is 66.3 Å². The van der Waals surface area contributed by atoms with E-state index in [4.69, 9.17) is 23.2 Å². The zero-order valence-electron chi connectivity index (χ0n) is 9.81. The zero-order chi connectivity index (χ0) is 13.3. The minimum absolute atomic E-state index is 0.0549. The third-order valence-corrected chi connectivity index (χ3v) is 3.65. The van der Waals surface area contributed by atoms with Gasteiger partial charge in [0.25, 0.3) is 0 Å². The van der Waals surface area contributed by atoms with E-state index in [1.54, 1.807) is 11.0 Å². The lowest BCUT2D eigenvalue weighted by molar-refractivity contribution is -0.140. The van der Waals surface area contributed by atoms with Crippen LogP contribution in [0.1, 0.15) is 19.8 Å². The number of aliphatic carboxylic acids is 1. The summed E-state index contributed by atoms with van der Waals surface area (Å²) in [4.78, 5) is 13.1. The SMILES string of the molecule is CC1CCCN(c2cc(Cl)nnc2Cl)C1C(=O)O. The second-order valence-electron chi connectivity index (χ2n) is 4.44. The van der Waals surface area contributed by atoms with Gasteiger partial charge in [0.05, 0.1) is 5.69 Å². The fourth-order valence-electron chi connectivity index (χ4n) is 2.38. The van der Waals surface area contributed by atoms with Crippen LogP contribution < -0.4 is 4.90 Å². The molecule has 5 nitrogen and oxygen atoms in total. The monoisotopic (exact) mass is 289 g/mol. The lowest BCUT2D eigenvalue weighted by Crippen LogP contribution is -2.49. The molecule has 2 rings (SSSR count). The summed E-state index contributed by atoms with van der Waals surface area (Å²) in [6, 6.07) is 0.960. The van der Waals surface area contributed by atoms with Gasteiger partial charge >= 0.3 is 5.97 Å². The molecule has 0 aliphatic carbocycles. The molecule has 18 heavy (non-hydrogen) atoms. The van der Waals surface area contributed by atoms with Gasteiger partial charge in [-0.15, -0.1) is 10.2 Å². The van der Waals surface area contributed by atoms with Crippen molar-refractivity contribution in [3.63, 3.8) is 0 Å². The highest BCUT2D eigenvalue weighted by molar-refractivity contribution is 6.33. The van der Waals surface area contributed by atoms with E-state index in [9.17, 15) is 9.90 Å². The number of carboxylic acids is 1. The minimum Gasteiger partial charge on any atom is -0.480 e. The highest BCUT2D eigenvalue weighted by atomic mass is 35.5. The Morgan fingerprint density at radius 1 is 1.50 bits per heavy atom. The van der Waals surface area contributed by atoms with Crippen molar-refractivity contribution >= 4 is 34.9 Å². The van der Waals surface area contributed by atoms with E-state index in [0.717, 1.165) is 12.8 Å². The Bertz CT molecular complexity index is 470. The molecule has 1 N–H and O–H groups in total. The molecule has 1 saturated heterocycles. The summed E-state index contributed by atoms with van der Waals surface area (Å²) in [6.45, 7) is 2.55. The van der Waals surface area contributed by atoms with Crippen LogP contribution in [0.3, 0.4) is 0 Å². The smallest absolute Gasteiger partial charge is 0.326 e. The van der Waals surface area contributed by atoms with Gasteiger partial charge in [0.15, 0.2) is 10.3 Å². The lowest BCUT2D eigenvalue weighted by Gasteiger charge is -2.38. The molecule has 2 unspecified atom stereocenters. The summed E-state index contributed by atoms with van der Waals surface area (Å²) in [7, 11) is 0. The summed E-state index contributed by atoms with van der Waals surface area (Å²) >= 11 is 11.8. The number of anilines is 1. The largest absolute Gasteiger partial charge is 0.480 e. The molecule has 0 spiro atoms. The van der Waals surface area contributed by atoms with E-state index in [1.165, 1.54) is 0 Å². The van der Waals surface area contributed by atoms with Crippen LogP contribution in [0.5, 0.6) is 0 Å². The van der Waals surface area contributed by atoms with Crippen LogP contribution >= 0.6 is 23.2 Å². The first-order valence-corrected chi connectivity index (χ1v) is 6.44. The highest BCUT2D eigenvalue weighted by Crippen LogP contribution is 2.33. The maximum atomic E-state index is 11.4. The van der Waals surface area contributed by atoms with Crippen LogP contribution in [0.25, 0.3) is 0 Å². The number of nitrogens with zero attached hydrogens (tertiary/aromatic N) is 3. The number of aromatic nitrogens is 2. The van der Waals surface area contributed by atoms with Crippen molar-refractivity contribution < 1.29 is 9.90 Å². The summed E-state index contributed by atoms with van der Waals surface area (Å²) in [5.41, 5.74) is 0.538. The van der Waals surface area contributed by atoms with Crippen LogP contribution in [-0.2, 0) is 4.79 Å². The predicted octanol–water partition coefficient (Wildman–Crippen LogP) is 2.47. The van der Waals surface area contributed by atoms with Crippen molar-refractivity contribution in [3.05, 3.63) is 16.4 Å². The molecule has 1 aromatic heterocycles. The van der Waals surface area contributed by atoms with Gasteiger partial charge in [-0.25, -0.2) is 4.79 Å². The molecule has 2 heterocycles. The predicted molar refractivity (Wildman–Crippen MR) is 69.2 cm³/mol. The van der Waals surface area contributed by atoms with Crippen molar-refractivity contribution in [2.75, 3.05) is 11.4 Å². The molecule has 1 fully saturated rings. The maximum Gasteiger partial charge on any atom is 0.326 e. The van der Waals surface area contributed by atoms with E-state index < -0.39 is 12.0 Å². The van der Waals surface area contributed by atoms with E-state index >= 15 is 0 Å². The van der Waals surface area contributed by atoms with Gasteiger partial charge in [-0.1, -0.05) is 30.1 Å². The Labute approximate surface area is 115 Å². The zero-order valence-corrected chi connectivity index (χ0v) is 11.3. The van der Waals surface area contributed by atoms with Crippen LogP contribution in [0.2, 0.25) is 10.3 Å².